The second-order valence-electron chi connectivity index (χ2n) is 2.61. The summed E-state index contributed by atoms with van der Waals surface area (Å²) in [6.07, 6.45) is -0.639. The zero-order valence-electron chi connectivity index (χ0n) is 6.87. The molecule has 0 aliphatic carbocycles. The van der Waals surface area contributed by atoms with E-state index in [1.54, 1.807) is 6.92 Å². The average Bonchev–Trinajstić information content (AvgIpc) is 1.87. The van der Waals surface area contributed by atoms with Crippen LogP contribution in [0.3, 0.4) is 0 Å². The third-order valence-corrected chi connectivity index (χ3v) is 1.39. The number of rotatable bonds is 5. The first kappa shape index (κ1) is 10.6. The highest BCUT2D eigenvalue weighted by atomic mass is 16.3. The minimum Gasteiger partial charge on any atom is -0.395 e. The molecule has 0 radical (unpaired) electrons. The fraction of sp³-hybridized carbons (Fsp3) is 0.857. The molecule has 0 bridgehead atoms. The van der Waals surface area contributed by atoms with E-state index < -0.39 is 12.1 Å². The predicted molar refractivity (Wildman–Crippen MR) is 41.2 cm³/mol. The van der Waals surface area contributed by atoms with E-state index in [-0.39, 0.29) is 18.9 Å². The minimum atomic E-state index is -0.639. The number of carbonyl (C=O) groups is 1. The third-order valence-electron chi connectivity index (χ3n) is 1.39. The molecule has 0 aromatic rings. The molecule has 0 heterocycles. The summed E-state index contributed by atoms with van der Waals surface area (Å²) in [5, 5.41) is 20.4. The van der Waals surface area contributed by atoms with Gasteiger partial charge < -0.3 is 15.5 Å². The summed E-state index contributed by atoms with van der Waals surface area (Å²) in [6, 6.07) is -0.404. The van der Waals surface area contributed by atoms with E-state index in [1.807, 2.05) is 0 Å². The molecule has 0 aromatic heterocycles. The highest BCUT2D eigenvalue weighted by Gasteiger charge is 2.12. The quantitative estimate of drug-likeness (QED) is 0.479. The number of aliphatic hydroxyl groups excluding tert-OH is 2. The van der Waals surface area contributed by atoms with Crippen LogP contribution in [0.1, 0.15) is 13.8 Å². The van der Waals surface area contributed by atoms with Gasteiger partial charge in [-0.1, -0.05) is 0 Å². The number of carbonyl (C=O) groups excluding carboxylic acids is 1. The summed E-state index contributed by atoms with van der Waals surface area (Å²) in [7, 11) is 0. The maximum atomic E-state index is 10.5. The van der Waals surface area contributed by atoms with Crippen molar-refractivity contribution in [1.82, 2.24) is 5.32 Å². The Kier molecular flexibility index (Phi) is 5.02. The number of hydrogen-bond donors (Lipinski definition) is 3. The summed E-state index contributed by atoms with van der Waals surface area (Å²) in [4.78, 5) is 10.5. The average molecular weight is 161 g/mol. The molecule has 0 amide bonds. The molecule has 0 aliphatic heterocycles. The molecule has 0 saturated heterocycles. The molecule has 0 fully saturated rings. The molecule has 4 nitrogen and oxygen atoms in total. The molecule has 0 saturated carbocycles. The van der Waals surface area contributed by atoms with Crippen molar-refractivity contribution in [3.8, 4) is 0 Å². The van der Waals surface area contributed by atoms with Gasteiger partial charge in [0.05, 0.1) is 25.3 Å². The molecule has 2 atom stereocenters. The van der Waals surface area contributed by atoms with Gasteiger partial charge in [0.15, 0.2) is 0 Å². The van der Waals surface area contributed by atoms with Crippen molar-refractivity contribution < 1.29 is 15.0 Å². The predicted octanol–water partition coefficient (Wildman–Crippen LogP) is -1.09. The molecule has 0 unspecified atom stereocenters. The minimum absolute atomic E-state index is 0.0101. The van der Waals surface area contributed by atoms with Crippen LogP contribution in [0.4, 0.5) is 0 Å². The van der Waals surface area contributed by atoms with E-state index in [1.165, 1.54) is 6.92 Å². The molecule has 11 heavy (non-hydrogen) atoms. The van der Waals surface area contributed by atoms with Gasteiger partial charge in [0.25, 0.3) is 0 Å². The smallest absolute Gasteiger partial charge is 0.143 e. The molecule has 0 aromatic carbocycles. The van der Waals surface area contributed by atoms with Gasteiger partial charge in [-0.05, 0) is 13.8 Å². The van der Waals surface area contributed by atoms with Gasteiger partial charge in [-0.3, -0.25) is 4.79 Å². The van der Waals surface area contributed by atoms with Crippen molar-refractivity contribution in [2.24, 2.45) is 0 Å². The van der Waals surface area contributed by atoms with Gasteiger partial charge in [0, 0.05) is 0 Å². The summed E-state index contributed by atoms with van der Waals surface area (Å²) >= 11 is 0. The van der Waals surface area contributed by atoms with Crippen LogP contribution in [0.25, 0.3) is 0 Å². The van der Waals surface area contributed by atoms with Gasteiger partial charge in [-0.25, -0.2) is 0 Å². The summed E-state index contributed by atoms with van der Waals surface area (Å²) in [6.45, 7) is 3.04. The Labute approximate surface area is 66.2 Å². The fourth-order valence-electron chi connectivity index (χ4n) is 0.662. The van der Waals surface area contributed by atoms with Crippen LogP contribution in [0.5, 0.6) is 0 Å². The fourth-order valence-corrected chi connectivity index (χ4v) is 0.662. The van der Waals surface area contributed by atoms with Gasteiger partial charge in [0.1, 0.15) is 5.78 Å². The highest BCUT2D eigenvalue weighted by Crippen LogP contribution is 1.89. The van der Waals surface area contributed by atoms with Crippen LogP contribution in [0, 0.1) is 0 Å². The Bertz CT molecular complexity index is 125. The van der Waals surface area contributed by atoms with Crippen LogP contribution in [-0.2, 0) is 4.79 Å². The lowest BCUT2D eigenvalue weighted by Crippen LogP contribution is -2.43. The zero-order valence-corrected chi connectivity index (χ0v) is 6.87. The molecular weight excluding hydrogens is 146 g/mol. The number of ketones is 1. The van der Waals surface area contributed by atoms with Crippen molar-refractivity contribution in [2.75, 3.05) is 13.2 Å². The van der Waals surface area contributed by atoms with Crippen molar-refractivity contribution in [3.05, 3.63) is 0 Å². The van der Waals surface area contributed by atoms with E-state index >= 15 is 0 Å². The summed E-state index contributed by atoms with van der Waals surface area (Å²) in [5.74, 6) is -0.0101. The lowest BCUT2D eigenvalue weighted by molar-refractivity contribution is -0.116. The monoisotopic (exact) mass is 161 g/mol. The van der Waals surface area contributed by atoms with Crippen molar-refractivity contribution in [3.63, 3.8) is 0 Å². The Morgan fingerprint density at radius 1 is 1.64 bits per heavy atom. The molecular formula is C7H15NO3. The van der Waals surface area contributed by atoms with Crippen LogP contribution in [0.2, 0.25) is 0 Å². The van der Waals surface area contributed by atoms with Crippen LogP contribution in [0.15, 0.2) is 0 Å². The summed E-state index contributed by atoms with van der Waals surface area (Å²) in [5.41, 5.74) is 0. The normalized spacial score (nSPS) is 16.0. The van der Waals surface area contributed by atoms with E-state index in [4.69, 9.17) is 10.2 Å². The van der Waals surface area contributed by atoms with Gasteiger partial charge in [-0.15, -0.1) is 0 Å². The highest BCUT2D eigenvalue weighted by molar-refractivity contribution is 5.77. The standard InChI is InChI=1S/C7H15NO3/c1-5(10)3-8-7(4-9)6(2)11/h6-9,11H,3-4H2,1-2H3/t6-,7-/m1/s1. The van der Waals surface area contributed by atoms with Crippen molar-refractivity contribution in [2.45, 2.75) is 26.0 Å². The van der Waals surface area contributed by atoms with Gasteiger partial charge in [-0.2, -0.15) is 0 Å². The third kappa shape index (κ3) is 4.89. The van der Waals surface area contributed by atoms with Crippen LogP contribution < -0.4 is 5.32 Å². The first-order valence-corrected chi connectivity index (χ1v) is 3.59. The van der Waals surface area contributed by atoms with Crippen molar-refractivity contribution in [1.29, 1.82) is 0 Å². The van der Waals surface area contributed by atoms with Crippen LogP contribution >= 0.6 is 0 Å². The van der Waals surface area contributed by atoms with Gasteiger partial charge in [0.2, 0.25) is 0 Å². The first-order valence-electron chi connectivity index (χ1n) is 3.59. The summed E-state index contributed by atoms with van der Waals surface area (Å²) < 4.78 is 0. The Balaban J connectivity index is 3.61. The number of hydrogen-bond acceptors (Lipinski definition) is 4. The van der Waals surface area contributed by atoms with E-state index in [0.29, 0.717) is 0 Å². The Hall–Kier alpha value is -0.450. The number of nitrogens with one attached hydrogen (secondary N) is 1. The second-order valence-corrected chi connectivity index (χ2v) is 2.61. The Morgan fingerprint density at radius 3 is 2.45 bits per heavy atom. The number of aliphatic hydroxyl groups is 2. The first-order chi connectivity index (χ1) is 5.07. The molecule has 4 heteroatoms. The maximum absolute atomic E-state index is 10.5. The Morgan fingerprint density at radius 2 is 2.18 bits per heavy atom. The maximum Gasteiger partial charge on any atom is 0.143 e. The molecule has 66 valence electrons. The molecule has 0 spiro atoms. The van der Waals surface area contributed by atoms with E-state index in [9.17, 15) is 4.79 Å². The molecule has 3 N–H and O–H groups in total. The lowest BCUT2D eigenvalue weighted by atomic mass is 10.2. The zero-order chi connectivity index (χ0) is 8.85. The molecule has 0 aliphatic rings. The lowest BCUT2D eigenvalue weighted by Gasteiger charge is -2.17. The van der Waals surface area contributed by atoms with Gasteiger partial charge >= 0.3 is 0 Å². The topological polar surface area (TPSA) is 69.6 Å². The van der Waals surface area contributed by atoms with E-state index in [0.717, 1.165) is 0 Å². The van der Waals surface area contributed by atoms with Crippen LogP contribution in [-0.4, -0.2) is 41.3 Å². The largest absolute Gasteiger partial charge is 0.395 e. The van der Waals surface area contributed by atoms with Crippen molar-refractivity contribution >= 4 is 5.78 Å². The second kappa shape index (κ2) is 5.23. The van der Waals surface area contributed by atoms with E-state index in [2.05, 4.69) is 5.32 Å². The SMILES string of the molecule is CC(=O)CN[C@H](CO)[C@@H](C)O. The number of Topliss-reactive ketones (excluding diaryl/α,β-unsaturated/α-hetero) is 1. The molecule has 0 rings (SSSR count).